The first-order valence-corrected chi connectivity index (χ1v) is 11.0. The van der Waals surface area contributed by atoms with Crippen molar-refractivity contribution < 1.29 is 23.8 Å². The topological polar surface area (TPSA) is 80.3 Å². The average Bonchev–Trinajstić information content (AvgIpc) is 3.26. The van der Waals surface area contributed by atoms with Crippen LogP contribution in [0, 0.1) is 0 Å². The molecule has 164 valence electrons. The highest BCUT2D eigenvalue weighted by Crippen LogP contribution is 2.33. The largest absolute Gasteiger partial charge is 0.454 e. The van der Waals surface area contributed by atoms with Crippen LogP contribution in [0.15, 0.2) is 18.2 Å². The van der Waals surface area contributed by atoms with Gasteiger partial charge in [-0.3, -0.25) is 4.79 Å². The molecule has 3 aliphatic rings. The standard InChI is InChI=1S/C22H31N3O5/c1-2-9-23-22(27)25(18-7-12-28-13-8-18)17-5-10-24(11-6-17)21(26)16-3-4-19-20(14-16)30-15-29-19/h3-4,14,17-18H,2,5-13,15H2,1H3,(H,23,27). The molecule has 0 radical (unpaired) electrons. The summed E-state index contributed by atoms with van der Waals surface area (Å²) < 4.78 is 16.2. The first-order chi connectivity index (χ1) is 14.7. The fourth-order valence-corrected chi connectivity index (χ4v) is 4.48. The molecular weight excluding hydrogens is 386 g/mol. The van der Waals surface area contributed by atoms with Crippen molar-refractivity contribution in [3.05, 3.63) is 23.8 Å². The summed E-state index contributed by atoms with van der Waals surface area (Å²) in [5.74, 6) is 1.30. The lowest BCUT2D eigenvalue weighted by Crippen LogP contribution is -2.56. The zero-order chi connectivity index (χ0) is 20.9. The van der Waals surface area contributed by atoms with Gasteiger partial charge in [0.2, 0.25) is 6.79 Å². The zero-order valence-corrected chi connectivity index (χ0v) is 17.6. The lowest BCUT2D eigenvalue weighted by atomic mass is 9.97. The molecule has 2 saturated heterocycles. The van der Waals surface area contributed by atoms with E-state index in [9.17, 15) is 9.59 Å². The number of hydrogen-bond acceptors (Lipinski definition) is 5. The van der Waals surface area contributed by atoms with E-state index in [4.69, 9.17) is 14.2 Å². The van der Waals surface area contributed by atoms with E-state index in [1.807, 2.05) is 9.80 Å². The number of benzene rings is 1. The van der Waals surface area contributed by atoms with E-state index in [0.29, 0.717) is 49.9 Å². The smallest absolute Gasteiger partial charge is 0.317 e. The number of piperidine rings is 1. The average molecular weight is 418 g/mol. The summed E-state index contributed by atoms with van der Waals surface area (Å²) in [6.45, 7) is 5.60. The molecule has 0 atom stereocenters. The summed E-state index contributed by atoms with van der Waals surface area (Å²) in [5, 5.41) is 3.05. The van der Waals surface area contributed by atoms with Crippen molar-refractivity contribution in [1.82, 2.24) is 15.1 Å². The maximum Gasteiger partial charge on any atom is 0.317 e. The molecule has 4 rings (SSSR count). The Morgan fingerprint density at radius 3 is 2.50 bits per heavy atom. The molecule has 0 aromatic heterocycles. The van der Waals surface area contributed by atoms with Gasteiger partial charge in [0.1, 0.15) is 0 Å². The Labute approximate surface area is 177 Å². The van der Waals surface area contributed by atoms with Gasteiger partial charge in [-0.25, -0.2) is 4.79 Å². The number of ether oxygens (including phenoxy) is 3. The van der Waals surface area contributed by atoms with Gasteiger partial charge in [-0.15, -0.1) is 0 Å². The van der Waals surface area contributed by atoms with Gasteiger partial charge in [-0.05, 0) is 50.3 Å². The summed E-state index contributed by atoms with van der Waals surface area (Å²) in [6, 6.07) is 5.69. The van der Waals surface area contributed by atoms with E-state index in [1.165, 1.54) is 0 Å². The molecule has 8 nitrogen and oxygen atoms in total. The molecule has 0 aliphatic carbocycles. The quantitative estimate of drug-likeness (QED) is 0.797. The number of likely N-dealkylation sites (tertiary alicyclic amines) is 1. The Morgan fingerprint density at radius 1 is 1.07 bits per heavy atom. The molecule has 1 aromatic rings. The van der Waals surface area contributed by atoms with Gasteiger partial charge in [0.25, 0.3) is 5.91 Å². The summed E-state index contributed by atoms with van der Waals surface area (Å²) in [4.78, 5) is 29.8. The van der Waals surface area contributed by atoms with Gasteiger partial charge in [-0.1, -0.05) is 6.92 Å². The predicted octanol–water partition coefficient (Wildman–Crippen LogP) is 2.62. The van der Waals surface area contributed by atoms with Crippen molar-refractivity contribution >= 4 is 11.9 Å². The molecule has 3 amide bonds. The van der Waals surface area contributed by atoms with Crippen LogP contribution in [-0.2, 0) is 4.74 Å². The van der Waals surface area contributed by atoms with Crippen molar-refractivity contribution in [2.45, 2.75) is 51.1 Å². The normalized spacial score (nSPS) is 19.6. The number of fused-ring (bicyclic) bond motifs is 1. The first-order valence-electron chi connectivity index (χ1n) is 11.0. The van der Waals surface area contributed by atoms with Crippen LogP contribution < -0.4 is 14.8 Å². The van der Waals surface area contributed by atoms with Crippen LogP contribution in [0.1, 0.15) is 49.4 Å². The van der Waals surface area contributed by atoms with E-state index in [0.717, 1.165) is 32.1 Å². The number of amides is 3. The Morgan fingerprint density at radius 2 is 1.77 bits per heavy atom. The molecule has 0 bridgehead atoms. The molecular formula is C22H31N3O5. The Hall–Kier alpha value is -2.48. The molecule has 30 heavy (non-hydrogen) atoms. The number of carbonyl (C=O) groups is 2. The Bertz CT molecular complexity index is 757. The van der Waals surface area contributed by atoms with Crippen molar-refractivity contribution in [3.63, 3.8) is 0 Å². The second-order valence-electron chi connectivity index (χ2n) is 8.07. The van der Waals surface area contributed by atoms with Crippen LogP contribution >= 0.6 is 0 Å². The van der Waals surface area contributed by atoms with E-state index >= 15 is 0 Å². The maximum absolute atomic E-state index is 13.0. The lowest BCUT2D eigenvalue weighted by molar-refractivity contribution is 0.0209. The van der Waals surface area contributed by atoms with Crippen molar-refractivity contribution in [3.8, 4) is 11.5 Å². The van der Waals surface area contributed by atoms with Crippen LogP contribution in [0.4, 0.5) is 4.79 Å². The molecule has 1 aromatic carbocycles. The van der Waals surface area contributed by atoms with Crippen molar-refractivity contribution in [2.24, 2.45) is 0 Å². The van der Waals surface area contributed by atoms with Crippen molar-refractivity contribution in [1.29, 1.82) is 0 Å². The van der Waals surface area contributed by atoms with Gasteiger partial charge in [-0.2, -0.15) is 0 Å². The minimum absolute atomic E-state index is 0.000184. The van der Waals surface area contributed by atoms with Gasteiger partial charge < -0.3 is 29.3 Å². The minimum atomic E-state index is -0.000184. The van der Waals surface area contributed by atoms with Gasteiger partial charge in [0.05, 0.1) is 0 Å². The third kappa shape index (κ3) is 4.48. The summed E-state index contributed by atoms with van der Waals surface area (Å²) >= 11 is 0. The number of hydrogen-bond donors (Lipinski definition) is 1. The van der Waals surface area contributed by atoms with Gasteiger partial charge >= 0.3 is 6.03 Å². The molecule has 8 heteroatoms. The van der Waals surface area contributed by atoms with Gasteiger partial charge in [0.15, 0.2) is 11.5 Å². The molecule has 1 N–H and O–H groups in total. The minimum Gasteiger partial charge on any atom is -0.454 e. The zero-order valence-electron chi connectivity index (χ0n) is 17.6. The van der Waals surface area contributed by atoms with Gasteiger partial charge in [0, 0.05) is 50.5 Å². The van der Waals surface area contributed by atoms with E-state index < -0.39 is 0 Å². The highest BCUT2D eigenvalue weighted by atomic mass is 16.7. The molecule has 3 aliphatic heterocycles. The third-order valence-electron chi connectivity index (χ3n) is 6.11. The number of nitrogens with one attached hydrogen (secondary N) is 1. The first kappa shape index (κ1) is 20.8. The number of urea groups is 1. The van der Waals surface area contributed by atoms with Crippen LogP contribution in [-0.4, -0.2) is 73.5 Å². The predicted molar refractivity (Wildman–Crippen MR) is 111 cm³/mol. The second kappa shape index (κ2) is 9.55. The molecule has 0 saturated carbocycles. The second-order valence-corrected chi connectivity index (χ2v) is 8.07. The van der Waals surface area contributed by atoms with Crippen LogP contribution in [0.5, 0.6) is 11.5 Å². The van der Waals surface area contributed by atoms with E-state index in [-0.39, 0.29) is 30.8 Å². The number of nitrogens with zero attached hydrogens (tertiary/aromatic N) is 2. The summed E-state index contributed by atoms with van der Waals surface area (Å²) in [7, 11) is 0. The van der Waals surface area contributed by atoms with Crippen LogP contribution in [0.3, 0.4) is 0 Å². The SMILES string of the molecule is CCCNC(=O)N(C1CCOCC1)C1CCN(C(=O)c2ccc3c(c2)OCO3)CC1. The molecule has 0 spiro atoms. The monoisotopic (exact) mass is 417 g/mol. The molecule has 3 heterocycles. The Kier molecular flexibility index (Phi) is 6.62. The van der Waals surface area contributed by atoms with E-state index in [1.54, 1.807) is 18.2 Å². The molecule has 2 fully saturated rings. The fourth-order valence-electron chi connectivity index (χ4n) is 4.48. The Balaban J connectivity index is 1.39. The number of carbonyl (C=O) groups excluding carboxylic acids is 2. The van der Waals surface area contributed by atoms with Crippen molar-refractivity contribution in [2.75, 3.05) is 39.6 Å². The summed E-state index contributed by atoms with van der Waals surface area (Å²) in [5.41, 5.74) is 0.611. The number of rotatable bonds is 5. The van der Waals surface area contributed by atoms with Crippen LogP contribution in [0.25, 0.3) is 0 Å². The summed E-state index contributed by atoms with van der Waals surface area (Å²) in [6.07, 6.45) is 4.22. The highest BCUT2D eigenvalue weighted by Gasteiger charge is 2.35. The highest BCUT2D eigenvalue weighted by molar-refractivity contribution is 5.95. The van der Waals surface area contributed by atoms with E-state index in [2.05, 4.69) is 12.2 Å². The van der Waals surface area contributed by atoms with Crippen LogP contribution in [0.2, 0.25) is 0 Å². The maximum atomic E-state index is 13.0. The molecule has 0 unspecified atom stereocenters. The fraction of sp³-hybridized carbons (Fsp3) is 0.636. The third-order valence-corrected chi connectivity index (χ3v) is 6.11. The lowest BCUT2D eigenvalue weighted by Gasteiger charge is -2.43.